The van der Waals surface area contributed by atoms with E-state index in [1.165, 1.54) is 12.1 Å². The number of amides is 1. The van der Waals surface area contributed by atoms with Crippen molar-refractivity contribution in [1.29, 1.82) is 0 Å². The quantitative estimate of drug-likeness (QED) is 0.578. The van der Waals surface area contributed by atoms with Crippen LogP contribution in [0.5, 0.6) is 5.75 Å². The minimum absolute atomic E-state index is 0.0316. The first-order valence-corrected chi connectivity index (χ1v) is 7.60. The minimum Gasteiger partial charge on any atom is -0.497 e. The molecule has 1 amide bonds. The number of methoxy groups -OCH3 is 1. The zero-order valence-corrected chi connectivity index (χ0v) is 13.8. The van der Waals surface area contributed by atoms with Gasteiger partial charge in [-0.05, 0) is 29.7 Å². The molecule has 2 aromatic rings. The fraction of sp³-hybridized carbons (Fsp3) is 0.278. The molecule has 0 heterocycles. The van der Waals surface area contributed by atoms with Crippen LogP contribution in [0.1, 0.15) is 17.5 Å². The molecule has 0 radical (unpaired) electrons. The van der Waals surface area contributed by atoms with E-state index in [1.54, 1.807) is 31.2 Å². The fourth-order valence-corrected chi connectivity index (χ4v) is 2.32. The Morgan fingerprint density at radius 3 is 2.21 bits per heavy atom. The molecular formula is C18H20N2O4. The summed E-state index contributed by atoms with van der Waals surface area (Å²) in [5, 5.41) is 10.6. The van der Waals surface area contributed by atoms with Crippen molar-refractivity contribution in [3.63, 3.8) is 0 Å². The highest BCUT2D eigenvalue weighted by molar-refractivity contribution is 5.76. The van der Waals surface area contributed by atoms with Crippen LogP contribution in [0.3, 0.4) is 0 Å². The van der Waals surface area contributed by atoms with Crippen LogP contribution in [0.15, 0.2) is 48.5 Å². The van der Waals surface area contributed by atoms with E-state index in [2.05, 4.69) is 0 Å². The predicted octanol–water partition coefficient (Wildman–Crippen LogP) is 3.19. The Hall–Kier alpha value is -2.89. The van der Waals surface area contributed by atoms with Crippen molar-refractivity contribution in [3.05, 3.63) is 69.8 Å². The summed E-state index contributed by atoms with van der Waals surface area (Å²) in [5.41, 5.74) is 2.00. The molecule has 6 heteroatoms. The molecule has 0 unspecified atom stereocenters. The van der Waals surface area contributed by atoms with Crippen molar-refractivity contribution < 1.29 is 14.5 Å². The molecule has 0 aliphatic heterocycles. The number of nitrogens with zero attached hydrogens (tertiary/aromatic N) is 2. The van der Waals surface area contributed by atoms with Crippen molar-refractivity contribution in [2.75, 3.05) is 14.2 Å². The summed E-state index contributed by atoms with van der Waals surface area (Å²) < 4.78 is 5.11. The molecule has 2 aromatic carbocycles. The maximum atomic E-state index is 12.2. The van der Waals surface area contributed by atoms with Crippen LogP contribution >= 0.6 is 0 Å². The molecule has 2 rings (SSSR count). The molecule has 0 fully saturated rings. The molecule has 0 aromatic heterocycles. The summed E-state index contributed by atoms with van der Waals surface area (Å²) in [6, 6.07) is 13.9. The molecule has 0 saturated heterocycles. The number of aryl methyl sites for hydroxylation is 1. The first kappa shape index (κ1) is 17.5. The van der Waals surface area contributed by atoms with Gasteiger partial charge in [0.1, 0.15) is 5.75 Å². The Kier molecular flexibility index (Phi) is 5.89. The molecule has 126 valence electrons. The third-order valence-electron chi connectivity index (χ3n) is 3.78. The van der Waals surface area contributed by atoms with E-state index in [4.69, 9.17) is 4.74 Å². The lowest BCUT2D eigenvalue weighted by molar-refractivity contribution is -0.384. The van der Waals surface area contributed by atoms with E-state index in [0.29, 0.717) is 19.4 Å². The molecule has 0 N–H and O–H groups in total. The van der Waals surface area contributed by atoms with Crippen LogP contribution in [0.4, 0.5) is 5.69 Å². The second-order valence-electron chi connectivity index (χ2n) is 5.52. The van der Waals surface area contributed by atoms with Gasteiger partial charge in [0.25, 0.3) is 5.69 Å². The van der Waals surface area contributed by atoms with Crippen LogP contribution in [-0.4, -0.2) is 29.9 Å². The van der Waals surface area contributed by atoms with Gasteiger partial charge >= 0.3 is 0 Å². The number of carbonyl (C=O) groups is 1. The lowest BCUT2D eigenvalue weighted by atomic mass is 10.1. The monoisotopic (exact) mass is 328 g/mol. The molecule has 0 spiro atoms. The van der Waals surface area contributed by atoms with Crippen molar-refractivity contribution >= 4 is 11.6 Å². The van der Waals surface area contributed by atoms with Gasteiger partial charge in [-0.25, -0.2) is 0 Å². The smallest absolute Gasteiger partial charge is 0.269 e. The highest BCUT2D eigenvalue weighted by Crippen LogP contribution is 2.15. The first-order chi connectivity index (χ1) is 11.5. The van der Waals surface area contributed by atoms with Crippen molar-refractivity contribution in [2.45, 2.75) is 19.4 Å². The Bertz CT molecular complexity index is 696. The van der Waals surface area contributed by atoms with E-state index in [1.807, 2.05) is 24.3 Å². The summed E-state index contributed by atoms with van der Waals surface area (Å²) in [4.78, 5) is 24.1. The maximum Gasteiger partial charge on any atom is 0.269 e. The Balaban J connectivity index is 1.85. The molecule has 0 aliphatic carbocycles. The first-order valence-electron chi connectivity index (χ1n) is 7.60. The van der Waals surface area contributed by atoms with Gasteiger partial charge in [-0.2, -0.15) is 0 Å². The van der Waals surface area contributed by atoms with Crippen LogP contribution in [0.25, 0.3) is 0 Å². The van der Waals surface area contributed by atoms with E-state index in [-0.39, 0.29) is 11.6 Å². The molecule has 0 aliphatic rings. The van der Waals surface area contributed by atoms with Gasteiger partial charge in [-0.3, -0.25) is 14.9 Å². The second kappa shape index (κ2) is 8.10. The average Bonchev–Trinajstić information content (AvgIpc) is 2.60. The van der Waals surface area contributed by atoms with Gasteiger partial charge in [0, 0.05) is 32.1 Å². The van der Waals surface area contributed by atoms with Crippen molar-refractivity contribution in [2.24, 2.45) is 0 Å². The lowest BCUT2D eigenvalue weighted by Gasteiger charge is -2.17. The predicted molar refractivity (Wildman–Crippen MR) is 90.9 cm³/mol. The Morgan fingerprint density at radius 1 is 1.08 bits per heavy atom. The number of ether oxygens (including phenoxy) is 1. The van der Waals surface area contributed by atoms with Crippen LogP contribution in [0, 0.1) is 10.1 Å². The third-order valence-corrected chi connectivity index (χ3v) is 3.78. The molecule has 0 bridgehead atoms. The number of non-ortho nitro benzene ring substituents is 1. The zero-order chi connectivity index (χ0) is 17.5. The van der Waals surface area contributed by atoms with Crippen LogP contribution in [0.2, 0.25) is 0 Å². The maximum absolute atomic E-state index is 12.2. The van der Waals surface area contributed by atoms with Gasteiger partial charge in [-0.15, -0.1) is 0 Å². The standard InChI is InChI=1S/C18H20N2O4/c1-19(13-15-5-10-17(24-2)11-6-15)18(21)12-7-14-3-8-16(9-4-14)20(22)23/h3-6,8-11H,7,12-13H2,1-2H3. The number of benzene rings is 2. The van der Waals surface area contributed by atoms with Crippen molar-refractivity contribution in [1.82, 2.24) is 4.90 Å². The number of nitro benzene ring substituents is 1. The average molecular weight is 328 g/mol. The van der Waals surface area contributed by atoms with Gasteiger partial charge in [0.05, 0.1) is 12.0 Å². The number of nitro groups is 1. The van der Waals surface area contributed by atoms with Gasteiger partial charge in [0.15, 0.2) is 0 Å². The topological polar surface area (TPSA) is 72.7 Å². The molecule has 24 heavy (non-hydrogen) atoms. The summed E-state index contributed by atoms with van der Waals surface area (Å²) in [7, 11) is 3.38. The molecular weight excluding hydrogens is 308 g/mol. The summed E-state index contributed by atoms with van der Waals surface area (Å²) in [5.74, 6) is 0.815. The minimum atomic E-state index is -0.433. The van der Waals surface area contributed by atoms with Crippen LogP contribution < -0.4 is 4.74 Å². The second-order valence-corrected chi connectivity index (χ2v) is 5.52. The summed E-state index contributed by atoms with van der Waals surface area (Å²) in [6.45, 7) is 0.531. The van der Waals surface area contributed by atoms with Crippen molar-refractivity contribution in [3.8, 4) is 5.75 Å². The normalized spacial score (nSPS) is 10.2. The SMILES string of the molecule is COc1ccc(CN(C)C(=O)CCc2ccc([N+](=O)[O-])cc2)cc1. The third kappa shape index (κ3) is 4.81. The van der Waals surface area contributed by atoms with Gasteiger partial charge in [-0.1, -0.05) is 24.3 Å². The van der Waals surface area contributed by atoms with E-state index in [9.17, 15) is 14.9 Å². The molecule has 0 atom stereocenters. The number of carbonyl (C=O) groups excluding carboxylic acids is 1. The number of hydrogen-bond acceptors (Lipinski definition) is 4. The Labute approximate surface area is 140 Å². The lowest BCUT2D eigenvalue weighted by Crippen LogP contribution is -2.26. The van der Waals surface area contributed by atoms with Crippen LogP contribution in [-0.2, 0) is 17.8 Å². The van der Waals surface area contributed by atoms with Gasteiger partial charge in [0.2, 0.25) is 5.91 Å². The highest BCUT2D eigenvalue weighted by atomic mass is 16.6. The zero-order valence-electron chi connectivity index (χ0n) is 13.8. The number of hydrogen-bond donors (Lipinski definition) is 0. The van der Waals surface area contributed by atoms with Gasteiger partial charge < -0.3 is 9.64 Å². The van der Waals surface area contributed by atoms with E-state index >= 15 is 0 Å². The van der Waals surface area contributed by atoms with E-state index in [0.717, 1.165) is 16.9 Å². The highest BCUT2D eigenvalue weighted by Gasteiger charge is 2.10. The molecule has 6 nitrogen and oxygen atoms in total. The fourth-order valence-electron chi connectivity index (χ4n) is 2.32. The number of rotatable bonds is 7. The Morgan fingerprint density at radius 2 is 1.67 bits per heavy atom. The molecule has 0 saturated carbocycles. The van der Waals surface area contributed by atoms with E-state index < -0.39 is 4.92 Å². The largest absolute Gasteiger partial charge is 0.497 e. The summed E-state index contributed by atoms with van der Waals surface area (Å²) in [6.07, 6.45) is 0.925. The summed E-state index contributed by atoms with van der Waals surface area (Å²) >= 11 is 0.